The van der Waals surface area contributed by atoms with Gasteiger partial charge in [0, 0.05) is 22.0 Å². The van der Waals surface area contributed by atoms with Gasteiger partial charge < -0.3 is 5.32 Å². The maximum Gasteiger partial charge on any atom is 0.271 e. The molecule has 2 N–H and O–H groups in total. The number of benzene rings is 2. The molecule has 0 aliphatic carbocycles. The van der Waals surface area contributed by atoms with Crippen molar-refractivity contribution in [2.24, 2.45) is 5.10 Å². The predicted molar refractivity (Wildman–Crippen MR) is 96.5 cm³/mol. The summed E-state index contributed by atoms with van der Waals surface area (Å²) < 4.78 is 0. The topological polar surface area (TPSA) is 70.6 Å². The SMILES string of the molecule is C/C(CC(=O)Nc1ccc(Cl)cc1C)=N\NC(=O)c1ccccc1. The molecule has 0 aliphatic rings. The lowest BCUT2D eigenvalue weighted by Crippen LogP contribution is -2.21. The summed E-state index contributed by atoms with van der Waals surface area (Å²) in [5.41, 5.74) is 5.03. The molecular formula is C18H18ClN3O2. The molecule has 2 aromatic rings. The molecule has 0 spiro atoms. The molecule has 2 rings (SSSR count). The number of carbonyl (C=O) groups excluding carboxylic acids is 2. The van der Waals surface area contributed by atoms with Crippen LogP contribution in [0.4, 0.5) is 5.69 Å². The summed E-state index contributed by atoms with van der Waals surface area (Å²) in [4.78, 5) is 23.9. The van der Waals surface area contributed by atoms with Crippen molar-refractivity contribution in [3.8, 4) is 0 Å². The third-order valence-electron chi connectivity index (χ3n) is 3.26. The lowest BCUT2D eigenvalue weighted by molar-refractivity contribution is -0.115. The summed E-state index contributed by atoms with van der Waals surface area (Å²) in [6, 6.07) is 14.0. The zero-order valence-corrected chi connectivity index (χ0v) is 14.2. The van der Waals surface area contributed by atoms with Crippen LogP contribution in [0, 0.1) is 6.92 Å². The van der Waals surface area contributed by atoms with E-state index >= 15 is 0 Å². The zero-order valence-electron chi connectivity index (χ0n) is 13.5. The van der Waals surface area contributed by atoms with E-state index in [1.807, 2.05) is 13.0 Å². The Balaban J connectivity index is 1.90. The van der Waals surface area contributed by atoms with Crippen LogP contribution in [-0.2, 0) is 4.79 Å². The van der Waals surface area contributed by atoms with Crippen LogP contribution < -0.4 is 10.7 Å². The summed E-state index contributed by atoms with van der Waals surface area (Å²) in [6.45, 7) is 3.54. The van der Waals surface area contributed by atoms with Crippen LogP contribution in [0.5, 0.6) is 0 Å². The van der Waals surface area contributed by atoms with E-state index in [0.29, 0.717) is 22.0 Å². The van der Waals surface area contributed by atoms with E-state index in [1.54, 1.807) is 49.4 Å². The molecule has 0 atom stereocenters. The Morgan fingerprint density at radius 2 is 1.83 bits per heavy atom. The first-order chi connectivity index (χ1) is 11.5. The molecule has 5 nitrogen and oxygen atoms in total. The normalized spacial score (nSPS) is 11.0. The van der Waals surface area contributed by atoms with Gasteiger partial charge in [-0.05, 0) is 49.7 Å². The van der Waals surface area contributed by atoms with Crippen LogP contribution in [-0.4, -0.2) is 17.5 Å². The first kappa shape index (κ1) is 17.7. The highest BCUT2D eigenvalue weighted by Gasteiger charge is 2.08. The molecule has 0 aliphatic heterocycles. The number of nitrogens with zero attached hydrogens (tertiary/aromatic N) is 1. The molecule has 124 valence electrons. The summed E-state index contributed by atoms with van der Waals surface area (Å²) in [6.07, 6.45) is 0.0805. The largest absolute Gasteiger partial charge is 0.326 e. The number of hydrogen-bond acceptors (Lipinski definition) is 3. The number of nitrogens with one attached hydrogen (secondary N) is 2. The monoisotopic (exact) mass is 343 g/mol. The number of carbonyl (C=O) groups is 2. The number of rotatable bonds is 5. The van der Waals surface area contributed by atoms with Gasteiger partial charge in [0.1, 0.15) is 0 Å². The summed E-state index contributed by atoms with van der Waals surface area (Å²) >= 11 is 5.89. The third-order valence-corrected chi connectivity index (χ3v) is 3.50. The van der Waals surface area contributed by atoms with Crippen molar-refractivity contribution in [1.82, 2.24) is 5.43 Å². The fourth-order valence-electron chi connectivity index (χ4n) is 2.03. The van der Waals surface area contributed by atoms with Gasteiger partial charge >= 0.3 is 0 Å². The van der Waals surface area contributed by atoms with Crippen molar-refractivity contribution in [2.45, 2.75) is 20.3 Å². The molecule has 0 saturated heterocycles. The molecule has 24 heavy (non-hydrogen) atoms. The highest BCUT2D eigenvalue weighted by atomic mass is 35.5. The highest BCUT2D eigenvalue weighted by Crippen LogP contribution is 2.19. The van der Waals surface area contributed by atoms with Gasteiger partial charge in [-0.15, -0.1) is 0 Å². The minimum Gasteiger partial charge on any atom is -0.326 e. The van der Waals surface area contributed by atoms with Gasteiger partial charge in [-0.1, -0.05) is 29.8 Å². The molecule has 0 radical (unpaired) electrons. The smallest absolute Gasteiger partial charge is 0.271 e. The molecule has 6 heteroatoms. The Morgan fingerprint density at radius 1 is 1.12 bits per heavy atom. The minimum atomic E-state index is -0.316. The van der Waals surface area contributed by atoms with Crippen molar-refractivity contribution < 1.29 is 9.59 Å². The Morgan fingerprint density at radius 3 is 2.50 bits per heavy atom. The Kier molecular flexibility index (Phi) is 6.09. The van der Waals surface area contributed by atoms with Crippen molar-refractivity contribution in [1.29, 1.82) is 0 Å². The van der Waals surface area contributed by atoms with E-state index < -0.39 is 0 Å². The van der Waals surface area contributed by atoms with Crippen LogP contribution in [0.25, 0.3) is 0 Å². The second-order valence-corrected chi connectivity index (χ2v) is 5.77. The third kappa shape index (κ3) is 5.21. The van der Waals surface area contributed by atoms with E-state index in [1.165, 1.54) is 0 Å². The van der Waals surface area contributed by atoms with Gasteiger partial charge in [0.05, 0.1) is 6.42 Å². The van der Waals surface area contributed by atoms with E-state index in [-0.39, 0.29) is 18.2 Å². The molecule has 0 heterocycles. The standard InChI is InChI=1S/C18H18ClN3O2/c1-12-10-15(19)8-9-16(12)20-17(23)11-13(2)21-22-18(24)14-6-4-3-5-7-14/h3-10H,11H2,1-2H3,(H,20,23)(H,22,24)/b21-13+. The van der Waals surface area contributed by atoms with Crippen LogP contribution in [0.3, 0.4) is 0 Å². The lowest BCUT2D eigenvalue weighted by atomic mass is 10.2. The van der Waals surface area contributed by atoms with Crippen molar-refractivity contribution in [3.05, 3.63) is 64.7 Å². The first-order valence-corrected chi connectivity index (χ1v) is 7.78. The maximum atomic E-state index is 12.0. The molecule has 2 aromatic carbocycles. The number of aryl methyl sites for hydroxylation is 1. The van der Waals surface area contributed by atoms with Crippen LogP contribution in [0.15, 0.2) is 53.6 Å². The molecule has 0 unspecified atom stereocenters. The van der Waals surface area contributed by atoms with Crippen LogP contribution in [0.1, 0.15) is 29.3 Å². The Hall–Kier alpha value is -2.66. The Labute approximate surface area is 145 Å². The molecule has 0 bridgehead atoms. The quantitative estimate of drug-likeness (QED) is 0.640. The molecule has 2 amide bonds. The van der Waals surface area contributed by atoms with Gasteiger partial charge in [0.2, 0.25) is 5.91 Å². The lowest BCUT2D eigenvalue weighted by Gasteiger charge is -2.08. The number of hydrazone groups is 1. The van der Waals surface area contributed by atoms with Gasteiger partial charge in [-0.2, -0.15) is 5.10 Å². The summed E-state index contributed by atoms with van der Waals surface area (Å²) in [5.74, 6) is -0.528. The van der Waals surface area contributed by atoms with Crippen molar-refractivity contribution in [2.75, 3.05) is 5.32 Å². The predicted octanol–water partition coefficient (Wildman–Crippen LogP) is 3.78. The van der Waals surface area contributed by atoms with Gasteiger partial charge in [0.25, 0.3) is 5.91 Å². The summed E-state index contributed by atoms with van der Waals surface area (Å²) in [7, 11) is 0. The average Bonchev–Trinajstić information content (AvgIpc) is 2.56. The summed E-state index contributed by atoms with van der Waals surface area (Å²) in [5, 5.41) is 7.37. The van der Waals surface area contributed by atoms with E-state index in [9.17, 15) is 9.59 Å². The first-order valence-electron chi connectivity index (χ1n) is 7.40. The van der Waals surface area contributed by atoms with Crippen LogP contribution >= 0.6 is 11.6 Å². The van der Waals surface area contributed by atoms with Gasteiger partial charge in [-0.3, -0.25) is 9.59 Å². The minimum absolute atomic E-state index is 0.0805. The molecule has 0 fully saturated rings. The van der Waals surface area contributed by atoms with E-state index in [0.717, 1.165) is 5.56 Å². The average molecular weight is 344 g/mol. The fourth-order valence-corrected chi connectivity index (χ4v) is 2.26. The van der Waals surface area contributed by atoms with Crippen molar-refractivity contribution in [3.63, 3.8) is 0 Å². The van der Waals surface area contributed by atoms with Gasteiger partial charge in [0.15, 0.2) is 0 Å². The number of hydrogen-bond donors (Lipinski definition) is 2. The zero-order chi connectivity index (χ0) is 17.5. The number of anilines is 1. The molecule has 0 aromatic heterocycles. The molecular weight excluding hydrogens is 326 g/mol. The second-order valence-electron chi connectivity index (χ2n) is 5.34. The van der Waals surface area contributed by atoms with E-state index in [4.69, 9.17) is 11.6 Å². The second kappa shape index (κ2) is 8.26. The molecule has 0 saturated carbocycles. The highest BCUT2D eigenvalue weighted by molar-refractivity contribution is 6.30. The number of amides is 2. The van der Waals surface area contributed by atoms with Gasteiger partial charge in [-0.25, -0.2) is 5.43 Å². The van der Waals surface area contributed by atoms with Crippen molar-refractivity contribution >= 4 is 34.8 Å². The fraction of sp³-hybridized carbons (Fsp3) is 0.167. The van der Waals surface area contributed by atoms with E-state index in [2.05, 4.69) is 15.8 Å². The Bertz CT molecular complexity index is 773. The van der Waals surface area contributed by atoms with Crippen LogP contribution in [0.2, 0.25) is 5.02 Å². The number of halogens is 1. The maximum absolute atomic E-state index is 12.0.